The fourth-order valence-corrected chi connectivity index (χ4v) is 3.67. The van der Waals surface area contributed by atoms with Gasteiger partial charge in [0.05, 0.1) is 18.2 Å². The summed E-state index contributed by atoms with van der Waals surface area (Å²) in [5.74, 6) is -0.0222. The lowest BCUT2D eigenvalue weighted by Gasteiger charge is -2.37. The van der Waals surface area contributed by atoms with Crippen LogP contribution in [0.1, 0.15) is 38.3 Å². The molecule has 0 saturated heterocycles. The zero-order chi connectivity index (χ0) is 14.2. The zero-order valence-electron chi connectivity index (χ0n) is 11.6. The second kappa shape index (κ2) is 5.18. The Kier molecular flexibility index (Phi) is 3.52. The highest BCUT2D eigenvalue weighted by molar-refractivity contribution is 7.15. The van der Waals surface area contributed by atoms with Gasteiger partial charge in [-0.25, -0.2) is 4.98 Å². The number of nitrogens with two attached hydrogens (primary N) is 1. The lowest BCUT2D eigenvalue weighted by Crippen LogP contribution is -2.52. The highest BCUT2D eigenvalue weighted by Gasteiger charge is 2.37. The van der Waals surface area contributed by atoms with Crippen LogP contribution in [0.2, 0.25) is 0 Å². The van der Waals surface area contributed by atoms with Gasteiger partial charge in [-0.2, -0.15) is 0 Å². The molecular weight excluding hydrogens is 272 g/mol. The van der Waals surface area contributed by atoms with E-state index in [-0.39, 0.29) is 17.4 Å². The Bertz CT molecular complexity index is 587. The van der Waals surface area contributed by atoms with Gasteiger partial charge in [0.15, 0.2) is 4.96 Å². The van der Waals surface area contributed by atoms with Crippen molar-refractivity contribution in [2.75, 3.05) is 0 Å². The molecule has 0 radical (unpaired) electrons. The summed E-state index contributed by atoms with van der Waals surface area (Å²) in [7, 11) is 0. The first-order valence-corrected chi connectivity index (χ1v) is 7.92. The lowest BCUT2D eigenvalue weighted by atomic mass is 9.74. The maximum absolute atomic E-state index is 12.3. The number of aromatic nitrogens is 2. The van der Waals surface area contributed by atoms with Crippen LogP contribution >= 0.6 is 11.3 Å². The maximum atomic E-state index is 12.3. The van der Waals surface area contributed by atoms with Gasteiger partial charge in [-0.05, 0) is 19.8 Å². The van der Waals surface area contributed by atoms with E-state index in [1.165, 1.54) is 0 Å². The van der Waals surface area contributed by atoms with Crippen LogP contribution in [0.4, 0.5) is 0 Å². The van der Waals surface area contributed by atoms with Gasteiger partial charge in [-0.1, -0.05) is 12.8 Å². The number of thiazole rings is 1. The Morgan fingerprint density at radius 1 is 1.65 bits per heavy atom. The fraction of sp³-hybridized carbons (Fsp3) is 0.571. The van der Waals surface area contributed by atoms with Crippen molar-refractivity contribution in [3.63, 3.8) is 0 Å². The largest absolute Gasteiger partial charge is 0.350 e. The number of nitrogens with one attached hydrogen (secondary N) is 1. The maximum Gasteiger partial charge on any atom is 0.225 e. The Morgan fingerprint density at radius 2 is 2.50 bits per heavy atom. The summed E-state index contributed by atoms with van der Waals surface area (Å²) in [4.78, 5) is 17.7. The quantitative estimate of drug-likeness (QED) is 0.908. The highest BCUT2D eigenvalue weighted by Crippen LogP contribution is 2.31. The van der Waals surface area contributed by atoms with Crippen LogP contribution < -0.4 is 11.1 Å². The van der Waals surface area contributed by atoms with E-state index < -0.39 is 0 Å². The number of rotatable bonds is 3. The molecule has 20 heavy (non-hydrogen) atoms. The molecule has 1 saturated carbocycles. The molecule has 0 aromatic carbocycles. The molecule has 0 spiro atoms. The lowest BCUT2D eigenvalue weighted by molar-refractivity contribution is -0.128. The average Bonchev–Trinajstić information content (AvgIpc) is 2.96. The van der Waals surface area contributed by atoms with E-state index in [1.807, 2.05) is 29.1 Å². The molecule has 1 amide bonds. The second-order valence-corrected chi connectivity index (χ2v) is 6.72. The molecule has 3 rings (SSSR count). The van der Waals surface area contributed by atoms with Gasteiger partial charge in [0, 0.05) is 23.3 Å². The van der Waals surface area contributed by atoms with Crippen LogP contribution in [0.15, 0.2) is 17.8 Å². The molecule has 0 aliphatic heterocycles. The van der Waals surface area contributed by atoms with Crippen LogP contribution in [0.25, 0.3) is 4.96 Å². The SMILES string of the molecule is CC1(N)CCCCC1C(=O)NCc1cn2ccsc2n1. The van der Waals surface area contributed by atoms with Crippen LogP contribution in [0.3, 0.4) is 0 Å². The Morgan fingerprint density at radius 3 is 3.25 bits per heavy atom. The molecule has 1 aliphatic rings. The number of imidazole rings is 1. The van der Waals surface area contributed by atoms with Crippen molar-refractivity contribution in [1.29, 1.82) is 0 Å². The molecule has 1 aliphatic carbocycles. The van der Waals surface area contributed by atoms with Gasteiger partial charge in [0.25, 0.3) is 0 Å². The van der Waals surface area contributed by atoms with Crippen LogP contribution in [-0.4, -0.2) is 20.8 Å². The van der Waals surface area contributed by atoms with Gasteiger partial charge in [0.1, 0.15) is 0 Å². The molecule has 2 heterocycles. The monoisotopic (exact) mass is 292 g/mol. The van der Waals surface area contributed by atoms with Crippen molar-refractivity contribution in [1.82, 2.24) is 14.7 Å². The van der Waals surface area contributed by atoms with Crippen LogP contribution in [0.5, 0.6) is 0 Å². The standard InChI is InChI=1S/C14H20N4OS/c1-14(15)5-3-2-4-11(14)12(19)16-8-10-9-18-6-7-20-13(18)17-10/h6-7,9,11H,2-5,8,15H2,1H3,(H,16,19). The number of amides is 1. The molecule has 5 nitrogen and oxygen atoms in total. The minimum absolute atomic E-state index is 0.0612. The molecular formula is C14H20N4OS. The molecule has 2 aromatic heterocycles. The number of carbonyl (C=O) groups excluding carboxylic acids is 1. The Balaban J connectivity index is 1.62. The summed E-state index contributed by atoms with van der Waals surface area (Å²) in [6, 6.07) is 0. The third-order valence-electron chi connectivity index (χ3n) is 4.16. The number of hydrogen-bond acceptors (Lipinski definition) is 4. The van der Waals surface area contributed by atoms with E-state index in [9.17, 15) is 4.79 Å². The first-order chi connectivity index (χ1) is 9.56. The molecule has 1 fully saturated rings. The summed E-state index contributed by atoms with van der Waals surface area (Å²) >= 11 is 1.59. The van der Waals surface area contributed by atoms with Gasteiger partial charge in [-0.3, -0.25) is 9.20 Å². The summed E-state index contributed by atoms with van der Waals surface area (Å²) in [6.45, 7) is 2.46. The van der Waals surface area contributed by atoms with E-state index in [2.05, 4.69) is 10.3 Å². The van der Waals surface area contributed by atoms with E-state index in [0.717, 1.165) is 36.3 Å². The van der Waals surface area contributed by atoms with Gasteiger partial charge < -0.3 is 11.1 Å². The summed E-state index contributed by atoms with van der Waals surface area (Å²) in [5.41, 5.74) is 6.77. The van der Waals surface area contributed by atoms with Crippen molar-refractivity contribution in [3.8, 4) is 0 Å². The predicted molar refractivity (Wildman–Crippen MR) is 79.5 cm³/mol. The molecule has 2 aromatic rings. The molecule has 0 bridgehead atoms. The molecule has 108 valence electrons. The van der Waals surface area contributed by atoms with Crippen molar-refractivity contribution in [2.45, 2.75) is 44.7 Å². The predicted octanol–water partition coefficient (Wildman–Crippen LogP) is 1.92. The van der Waals surface area contributed by atoms with Gasteiger partial charge in [-0.15, -0.1) is 11.3 Å². The van der Waals surface area contributed by atoms with Crippen LogP contribution in [-0.2, 0) is 11.3 Å². The Hall–Kier alpha value is -1.40. The zero-order valence-corrected chi connectivity index (χ0v) is 12.4. The second-order valence-electron chi connectivity index (χ2n) is 5.85. The van der Waals surface area contributed by atoms with Crippen molar-refractivity contribution >= 4 is 22.2 Å². The Labute approximate surface area is 122 Å². The van der Waals surface area contributed by atoms with Gasteiger partial charge in [0.2, 0.25) is 5.91 Å². The first kappa shape index (κ1) is 13.6. The van der Waals surface area contributed by atoms with E-state index in [4.69, 9.17) is 5.73 Å². The molecule has 3 N–H and O–H groups in total. The normalized spacial score (nSPS) is 26.8. The molecule has 6 heteroatoms. The summed E-state index contributed by atoms with van der Waals surface area (Å²) in [5, 5.41) is 4.98. The average molecular weight is 292 g/mol. The molecule has 2 unspecified atom stereocenters. The minimum Gasteiger partial charge on any atom is -0.350 e. The van der Waals surface area contributed by atoms with Crippen molar-refractivity contribution in [3.05, 3.63) is 23.5 Å². The van der Waals surface area contributed by atoms with E-state index in [1.54, 1.807) is 11.3 Å². The van der Waals surface area contributed by atoms with Crippen molar-refractivity contribution < 1.29 is 4.79 Å². The minimum atomic E-state index is -0.378. The third-order valence-corrected chi connectivity index (χ3v) is 4.93. The number of nitrogens with zero attached hydrogens (tertiary/aromatic N) is 2. The third kappa shape index (κ3) is 2.58. The number of hydrogen-bond donors (Lipinski definition) is 2. The number of carbonyl (C=O) groups is 1. The molecule has 2 atom stereocenters. The first-order valence-electron chi connectivity index (χ1n) is 7.04. The smallest absolute Gasteiger partial charge is 0.225 e. The fourth-order valence-electron chi connectivity index (χ4n) is 2.95. The summed E-state index contributed by atoms with van der Waals surface area (Å²) < 4.78 is 1.97. The van der Waals surface area contributed by atoms with E-state index in [0.29, 0.717) is 6.54 Å². The number of fused-ring (bicyclic) bond motifs is 1. The van der Waals surface area contributed by atoms with E-state index >= 15 is 0 Å². The van der Waals surface area contributed by atoms with Crippen LogP contribution in [0, 0.1) is 5.92 Å². The highest BCUT2D eigenvalue weighted by atomic mass is 32.1. The topological polar surface area (TPSA) is 72.4 Å². The van der Waals surface area contributed by atoms with Gasteiger partial charge >= 0.3 is 0 Å². The van der Waals surface area contributed by atoms with Crippen molar-refractivity contribution in [2.24, 2.45) is 11.7 Å². The summed E-state index contributed by atoms with van der Waals surface area (Å²) in [6.07, 6.45) is 7.94.